The summed E-state index contributed by atoms with van der Waals surface area (Å²) in [4.78, 5) is 0. The van der Waals surface area contributed by atoms with E-state index in [0.717, 1.165) is 13.1 Å². The molecule has 0 amide bonds. The largest absolute Gasteiger partial charge is 0.326 e. The third kappa shape index (κ3) is 1.81. The van der Waals surface area contributed by atoms with Crippen molar-refractivity contribution in [1.29, 1.82) is 0 Å². The van der Waals surface area contributed by atoms with Crippen LogP contribution in [0.15, 0.2) is 18.2 Å². The summed E-state index contributed by atoms with van der Waals surface area (Å²) in [5.41, 5.74) is 9.70. The van der Waals surface area contributed by atoms with Gasteiger partial charge < -0.3 is 11.1 Å². The number of nitrogens with two attached hydrogens (primary N) is 1. The second kappa shape index (κ2) is 4.11. The molecule has 76 valence electrons. The highest BCUT2D eigenvalue weighted by Crippen LogP contribution is 2.24. The van der Waals surface area contributed by atoms with Crippen LogP contribution < -0.4 is 11.1 Å². The maximum Gasteiger partial charge on any atom is 0.0180 e. The molecular formula is C12H18N2. The minimum Gasteiger partial charge on any atom is -0.326 e. The number of hydrogen-bond acceptors (Lipinski definition) is 2. The minimum absolute atomic E-state index is 0.648. The maximum absolute atomic E-state index is 5.64. The van der Waals surface area contributed by atoms with Crippen LogP contribution in [-0.2, 0) is 6.54 Å². The SMILES string of the molecule is Cc1cc(C2CCNC2)ccc1CN. The van der Waals surface area contributed by atoms with Crippen LogP contribution in [0.1, 0.15) is 29.0 Å². The topological polar surface area (TPSA) is 38.0 Å². The average Bonchev–Trinajstić information content (AvgIpc) is 2.70. The van der Waals surface area contributed by atoms with Crippen LogP contribution in [0.4, 0.5) is 0 Å². The van der Waals surface area contributed by atoms with Crippen LogP contribution in [0.2, 0.25) is 0 Å². The van der Waals surface area contributed by atoms with Gasteiger partial charge in [-0.2, -0.15) is 0 Å². The number of nitrogens with one attached hydrogen (secondary N) is 1. The van der Waals surface area contributed by atoms with Gasteiger partial charge in [-0.05, 0) is 42.5 Å². The summed E-state index contributed by atoms with van der Waals surface area (Å²) in [6.45, 7) is 5.08. The van der Waals surface area contributed by atoms with Crippen LogP contribution >= 0.6 is 0 Å². The highest BCUT2D eigenvalue weighted by molar-refractivity contribution is 5.33. The van der Waals surface area contributed by atoms with E-state index in [-0.39, 0.29) is 0 Å². The van der Waals surface area contributed by atoms with Crippen molar-refractivity contribution < 1.29 is 0 Å². The molecule has 1 fully saturated rings. The van der Waals surface area contributed by atoms with Crippen molar-refractivity contribution in [3.63, 3.8) is 0 Å². The maximum atomic E-state index is 5.64. The number of hydrogen-bond donors (Lipinski definition) is 2. The van der Waals surface area contributed by atoms with Crippen LogP contribution in [0.3, 0.4) is 0 Å². The molecule has 1 atom stereocenters. The summed E-state index contributed by atoms with van der Waals surface area (Å²) in [5.74, 6) is 0.709. The summed E-state index contributed by atoms with van der Waals surface area (Å²) in [7, 11) is 0. The van der Waals surface area contributed by atoms with Crippen LogP contribution in [0, 0.1) is 6.92 Å². The standard InChI is InChI=1S/C12H18N2/c1-9-6-10(2-3-11(9)7-13)12-4-5-14-8-12/h2-3,6,12,14H,4-5,7-8,13H2,1H3. The highest BCUT2D eigenvalue weighted by atomic mass is 14.9. The summed E-state index contributed by atoms with van der Waals surface area (Å²) in [6, 6.07) is 6.69. The lowest BCUT2D eigenvalue weighted by Gasteiger charge is -2.11. The fourth-order valence-electron chi connectivity index (χ4n) is 2.14. The van der Waals surface area contributed by atoms with Gasteiger partial charge in [0, 0.05) is 13.1 Å². The van der Waals surface area contributed by atoms with Gasteiger partial charge >= 0.3 is 0 Å². The number of rotatable bonds is 2. The Morgan fingerprint density at radius 2 is 2.36 bits per heavy atom. The van der Waals surface area contributed by atoms with Crippen molar-refractivity contribution in [2.45, 2.75) is 25.8 Å². The van der Waals surface area contributed by atoms with Gasteiger partial charge in [-0.1, -0.05) is 18.2 Å². The molecule has 0 saturated carbocycles. The van der Waals surface area contributed by atoms with Gasteiger partial charge in [0.05, 0.1) is 0 Å². The second-order valence-electron chi connectivity index (χ2n) is 4.08. The predicted octanol–water partition coefficient (Wildman–Crippen LogP) is 1.53. The summed E-state index contributed by atoms with van der Waals surface area (Å²) >= 11 is 0. The van der Waals surface area contributed by atoms with Crippen LogP contribution in [-0.4, -0.2) is 13.1 Å². The molecule has 14 heavy (non-hydrogen) atoms. The molecule has 1 aromatic carbocycles. The highest BCUT2D eigenvalue weighted by Gasteiger charge is 2.16. The molecule has 3 N–H and O–H groups in total. The van der Waals surface area contributed by atoms with Crippen molar-refractivity contribution in [2.24, 2.45) is 5.73 Å². The van der Waals surface area contributed by atoms with Gasteiger partial charge in [-0.25, -0.2) is 0 Å². The van der Waals surface area contributed by atoms with E-state index >= 15 is 0 Å². The van der Waals surface area contributed by atoms with Gasteiger partial charge in [0.2, 0.25) is 0 Å². The zero-order valence-electron chi connectivity index (χ0n) is 8.72. The molecule has 1 unspecified atom stereocenters. The molecule has 1 aliphatic heterocycles. The Bertz CT molecular complexity index is 314. The first kappa shape index (κ1) is 9.69. The Hall–Kier alpha value is -0.860. The second-order valence-corrected chi connectivity index (χ2v) is 4.08. The van der Waals surface area contributed by atoms with Crippen molar-refractivity contribution in [3.05, 3.63) is 34.9 Å². The van der Waals surface area contributed by atoms with E-state index in [1.165, 1.54) is 23.1 Å². The van der Waals surface area contributed by atoms with E-state index < -0.39 is 0 Å². The number of benzene rings is 1. The lowest BCUT2D eigenvalue weighted by Crippen LogP contribution is -2.08. The molecule has 0 aromatic heterocycles. The fraction of sp³-hybridized carbons (Fsp3) is 0.500. The lowest BCUT2D eigenvalue weighted by atomic mass is 9.95. The number of aryl methyl sites for hydroxylation is 1. The molecule has 2 nitrogen and oxygen atoms in total. The molecular weight excluding hydrogens is 172 g/mol. The predicted molar refractivity (Wildman–Crippen MR) is 59.3 cm³/mol. The van der Waals surface area contributed by atoms with Gasteiger partial charge in [0.15, 0.2) is 0 Å². The molecule has 0 spiro atoms. The summed E-state index contributed by atoms with van der Waals surface area (Å²) in [5, 5.41) is 3.39. The quantitative estimate of drug-likeness (QED) is 0.742. The smallest absolute Gasteiger partial charge is 0.0180 e. The molecule has 1 heterocycles. The fourth-order valence-corrected chi connectivity index (χ4v) is 2.14. The van der Waals surface area contributed by atoms with Crippen molar-refractivity contribution in [2.75, 3.05) is 13.1 Å². The zero-order valence-corrected chi connectivity index (χ0v) is 8.72. The van der Waals surface area contributed by atoms with E-state index in [4.69, 9.17) is 5.73 Å². The van der Waals surface area contributed by atoms with Gasteiger partial charge in [-0.15, -0.1) is 0 Å². The Balaban J connectivity index is 2.23. The Morgan fingerprint density at radius 3 is 2.93 bits per heavy atom. The third-order valence-corrected chi connectivity index (χ3v) is 3.12. The third-order valence-electron chi connectivity index (χ3n) is 3.12. The Kier molecular flexibility index (Phi) is 2.85. The molecule has 1 aliphatic rings. The average molecular weight is 190 g/mol. The molecule has 1 aromatic rings. The molecule has 1 saturated heterocycles. The van der Waals surface area contributed by atoms with E-state index in [9.17, 15) is 0 Å². The van der Waals surface area contributed by atoms with E-state index in [2.05, 4.69) is 30.4 Å². The first-order valence-corrected chi connectivity index (χ1v) is 5.31. The first-order chi connectivity index (χ1) is 6.81. The minimum atomic E-state index is 0.648. The lowest BCUT2D eigenvalue weighted by molar-refractivity contribution is 0.761. The van der Waals surface area contributed by atoms with E-state index in [1.807, 2.05) is 0 Å². The summed E-state index contributed by atoms with van der Waals surface area (Å²) < 4.78 is 0. The monoisotopic (exact) mass is 190 g/mol. The Morgan fingerprint density at radius 1 is 1.50 bits per heavy atom. The normalized spacial score (nSPS) is 21.4. The van der Waals surface area contributed by atoms with Crippen molar-refractivity contribution in [1.82, 2.24) is 5.32 Å². The molecule has 2 heteroatoms. The van der Waals surface area contributed by atoms with E-state index in [1.54, 1.807) is 0 Å². The Labute approximate surface area is 85.5 Å². The molecule has 0 aliphatic carbocycles. The van der Waals surface area contributed by atoms with Crippen LogP contribution in [0.5, 0.6) is 0 Å². The van der Waals surface area contributed by atoms with E-state index in [0.29, 0.717) is 12.5 Å². The zero-order chi connectivity index (χ0) is 9.97. The van der Waals surface area contributed by atoms with Crippen LogP contribution in [0.25, 0.3) is 0 Å². The van der Waals surface area contributed by atoms with Crippen molar-refractivity contribution >= 4 is 0 Å². The van der Waals surface area contributed by atoms with Crippen molar-refractivity contribution in [3.8, 4) is 0 Å². The summed E-state index contributed by atoms with van der Waals surface area (Å²) in [6.07, 6.45) is 1.27. The van der Waals surface area contributed by atoms with Gasteiger partial charge in [0.25, 0.3) is 0 Å². The molecule has 2 rings (SSSR count). The first-order valence-electron chi connectivity index (χ1n) is 5.31. The molecule has 0 bridgehead atoms. The van der Waals surface area contributed by atoms with Gasteiger partial charge in [-0.3, -0.25) is 0 Å². The van der Waals surface area contributed by atoms with Gasteiger partial charge in [0.1, 0.15) is 0 Å². The molecule has 0 radical (unpaired) electrons.